The van der Waals surface area contributed by atoms with Crippen LogP contribution in [-0.4, -0.2) is 13.1 Å². The van der Waals surface area contributed by atoms with Gasteiger partial charge in [0, 0.05) is 5.56 Å². The van der Waals surface area contributed by atoms with Crippen molar-refractivity contribution < 1.29 is 23.1 Å². The van der Waals surface area contributed by atoms with Crippen molar-refractivity contribution in [2.75, 3.05) is 7.11 Å². The second-order valence-electron chi connectivity index (χ2n) is 3.84. The number of methoxy groups -OCH3 is 1. The van der Waals surface area contributed by atoms with E-state index in [-0.39, 0.29) is 12.2 Å². The average Bonchev–Trinajstić information content (AvgIpc) is 2.79. The maximum Gasteiger partial charge on any atom is 0.341 e. The SMILES string of the molecule is COC(=O)c1cccc2c1OCc1occ(F)c1-2. The number of rotatable bonds is 1. The van der Waals surface area contributed by atoms with Crippen LogP contribution >= 0.6 is 0 Å². The molecule has 0 saturated heterocycles. The molecule has 5 heteroatoms. The van der Waals surface area contributed by atoms with Crippen LogP contribution in [0.25, 0.3) is 11.1 Å². The Morgan fingerprint density at radius 3 is 3.06 bits per heavy atom. The molecular weight excluding hydrogens is 239 g/mol. The van der Waals surface area contributed by atoms with Crippen molar-refractivity contribution in [2.45, 2.75) is 6.61 Å². The summed E-state index contributed by atoms with van der Waals surface area (Å²) in [5.41, 5.74) is 1.13. The van der Waals surface area contributed by atoms with Gasteiger partial charge in [-0.2, -0.15) is 0 Å². The fraction of sp³-hybridized carbons (Fsp3) is 0.154. The number of ether oxygens (including phenoxy) is 2. The number of carbonyl (C=O) groups excluding carboxylic acids is 1. The van der Waals surface area contributed by atoms with Crippen LogP contribution in [0.2, 0.25) is 0 Å². The number of halogens is 1. The fourth-order valence-electron chi connectivity index (χ4n) is 2.06. The van der Waals surface area contributed by atoms with E-state index in [9.17, 15) is 9.18 Å². The molecule has 2 heterocycles. The topological polar surface area (TPSA) is 48.7 Å². The standard InChI is InChI=1S/C13H9FO4/c1-16-13(15)8-4-2-3-7-11-9(14)5-17-10(11)6-18-12(7)8/h2-5H,6H2,1H3. The molecular formula is C13H9FO4. The molecule has 1 aromatic heterocycles. The smallest absolute Gasteiger partial charge is 0.341 e. The Kier molecular flexibility index (Phi) is 2.33. The maximum absolute atomic E-state index is 13.7. The minimum atomic E-state index is -0.515. The Morgan fingerprint density at radius 1 is 1.44 bits per heavy atom. The molecule has 0 fully saturated rings. The van der Waals surface area contributed by atoms with E-state index in [1.54, 1.807) is 18.2 Å². The van der Waals surface area contributed by atoms with E-state index < -0.39 is 11.8 Å². The monoisotopic (exact) mass is 248 g/mol. The molecule has 0 N–H and O–H groups in total. The summed E-state index contributed by atoms with van der Waals surface area (Å²) in [5.74, 6) is -0.227. The summed E-state index contributed by atoms with van der Waals surface area (Å²) in [4.78, 5) is 11.6. The second-order valence-corrected chi connectivity index (χ2v) is 3.84. The summed E-state index contributed by atoms with van der Waals surface area (Å²) < 4.78 is 28.8. The maximum atomic E-state index is 13.7. The number of hydrogen-bond donors (Lipinski definition) is 0. The van der Waals surface area contributed by atoms with E-state index in [1.165, 1.54) is 7.11 Å². The van der Waals surface area contributed by atoms with E-state index in [2.05, 4.69) is 4.74 Å². The first kappa shape index (κ1) is 10.8. The van der Waals surface area contributed by atoms with Crippen molar-refractivity contribution in [2.24, 2.45) is 0 Å². The van der Waals surface area contributed by atoms with Gasteiger partial charge in [0.05, 0.1) is 12.7 Å². The van der Waals surface area contributed by atoms with Gasteiger partial charge in [-0.15, -0.1) is 0 Å². The van der Waals surface area contributed by atoms with Crippen LogP contribution in [-0.2, 0) is 11.3 Å². The van der Waals surface area contributed by atoms with Crippen molar-refractivity contribution in [3.8, 4) is 16.9 Å². The van der Waals surface area contributed by atoms with Gasteiger partial charge in [-0.1, -0.05) is 12.1 Å². The van der Waals surface area contributed by atoms with Gasteiger partial charge < -0.3 is 13.9 Å². The van der Waals surface area contributed by atoms with Gasteiger partial charge in [0.1, 0.15) is 24.2 Å². The Hall–Kier alpha value is -2.30. The molecule has 0 aliphatic carbocycles. The number of fused-ring (bicyclic) bond motifs is 3. The second kappa shape index (κ2) is 3.87. The molecule has 0 atom stereocenters. The Bertz CT molecular complexity index is 630. The van der Waals surface area contributed by atoms with Crippen molar-refractivity contribution >= 4 is 5.97 Å². The van der Waals surface area contributed by atoms with Gasteiger partial charge in [0.15, 0.2) is 11.6 Å². The molecule has 1 aliphatic rings. The van der Waals surface area contributed by atoms with Crippen molar-refractivity contribution in [1.82, 2.24) is 0 Å². The zero-order valence-electron chi connectivity index (χ0n) is 9.53. The van der Waals surface area contributed by atoms with Crippen LogP contribution in [0.15, 0.2) is 28.9 Å². The number of carbonyl (C=O) groups is 1. The highest BCUT2D eigenvalue weighted by molar-refractivity contribution is 5.96. The Balaban J connectivity index is 2.24. The van der Waals surface area contributed by atoms with Gasteiger partial charge in [-0.25, -0.2) is 9.18 Å². The summed E-state index contributed by atoms with van der Waals surface area (Å²) in [6.07, 6.45) is 1.04. The lowest BCUT2D eigenvalue weighted by molar-refractivity contribution is 0.0595. The zero-order valence-corrected chi connectivity index (χ0v) is 9.53. The number of furan rings is 1. The zero-order chi connectivity index (χ0) is 12.7. The van der Waals surface area contributed by atoms with Crippen LogP contribution in [0, 0.1) is 5.82 Å². The molecule has 18 heavy (non-hydrogen) atoms. The number of esters is 1. The average molecular weight is 248 g/mol. The van der Waals surface area contributed by atoms with Crippen LogP contribution in [0.4, 0.5) is 4.39 Å². The third-order valence-corrected chi connectivity index (χ3v) is 2.86. The molecule has 2 aromatic rings. The molecule has 1 aliphatic heterocycles. The molecule has 0 saturated carbocycles. The van der Waals surface area contributed by atoms with E-state index in [1.807, 2.05) is 0 Å². The first-order valence-corrected chi connectivity index (χ1v) is 5.32. The molecule has 1 aromatic carbocycles. The van der Waals surface area contributed by atoms with Gasteiger partial charge >= 0.3 is 5.97 Å². The van der Waals surface area contributed by atoms with Gasteiger partial charge in [-0.3, -0.25) is 0 Å². The number of hydrogen-bond acceptors (Lipinski definition) is 4. The van der Waals surface area contributed by atoms with E-state index in [0.29, 0.717) is 22.6 Å². The molecule has 0 bridgehead atoms. The fourth-order valence-corrected chi connectivity index (χ4v) is 2.06. The van der Waals surface area contributed by atoms with Crippen molar-refractivity contribution in [3.63, 3.8) is 0 Å². The summed E-state index contributed by atoms with van der Waals surface area (Å²) in [6, 6.07) is 4.90. The van der Waals surface area contributed by atoms with E-state index in [4.69, 9.17) is 9.15 Å². The molecule has 0 radical (unpaired) electrons. The predicted molar refractivity (Wildman–Crippen MR) is 59.8 cm³/mol. The third-order valence-electron chi connectivity index (χ3n) is 2.86. The summed E-state index contributed by atoms with van der Waals surface area (Å²) in [7, 11) is 1.29. The van der Waals surface area contributed by atoms with Gasteiger partial charge in [0.2, 0.25) is 0 Å². The van der Waals surface area contributed by atoms with E-state index in [0.717, 1.165) is 6.26 Å². The molecule has 0 unspecified atom stereocenters. The quantitative estimate of drug-likeness (QED) is 0.728. The molecule has 92 valence electrons. The Labute approximate surface area is 102 Å². The molecule has 0 amide bonds. The minimum Gasteiger partial charge on any atom is -0.484 e. The first-order chi connectivity index (χ1) is 8.72. The van der Waals surface area contributed by atoms with E-state index >= 15 is 0 Å². The highest BCUT2D eigenvalue weighted by Gasteiger charge is 2.28. The third kappa shape index (κ3) is 1.40. The van der Waals surface area contributed by atoms with Crippen molar-refractivity contribution in [1.29, 1.82) is 0 Å². The van der Waals surface area contributed by atoms with Gasteiger partial charge in [-0.05, 0) is 6.07 Å². The summed E-state index contributed by atoms with van der Waals surface area (Å²) in [5, 5.41) is 0. The molecule has 0 spiro atoms. The highest BCUT2D eigenvalue weighted by atomic mass is 19.1. The largest absolute Gasteiger partial charge is 0.484 e. The van der Waals surface area contributed by atoms with Crippen LogP contribution in [0.3, 0.4) is 0 Å². The summed E-state index contributed by atoms with van der Waals surface area (Å²) >= 11 is 0. The normalized spacial score (nSPS) is 12.3. The predicted octanol–water partition coefficient (Wildman–Crippen LogP) is 2.76. The van der Waals surface area contributed by atoms with Crippen LogP contribution < -0.4 is 4.74 Å². The van der Waals surface area contributed by atoms with Gasteiger partial charge in [0.25, 0.3) is 0 Å². The molecule has 4 nitrogen and oxygen atoms in total. The first-order valence-electron chi connectivity index (χ1n) is 5.32. The number of para-hydroxylation sites is 1. The summed E-state index contributed by atoms with van der Waals surface area (Å²) in [6.45, 7) is 0.0975. The highest BCUT2D eigenvalue weighted by Crippen LogP contribution is 2.41. The van der Waals surface area contributed by atoms with Crippen LogP contribution in [0.5, 0.6) is 5.75 Å². The lowest BCUT2D eigenvalue weighted by Gasteiger charge is -2.18. The minimum absolute atomic E-state index is 0.0975. The van der Waals surface area contributed by atoms with Crippen LogP contribution in [0.1, 0.15) is 16.1 Å². The lowest BCUT2D eigenvalue weighted by atomic mass is 9.99. The van der Waals surface area contributed by atoms with Crippen molar-refractivity contribution in [3.05, 3.63) is 41.6 Å². The molecule has 3 rings (SSSR count). The number of benzene rings is 1. The lowest BCUT2D eigenvalue weighted by Crippen LogP contribution is -2.10. The Morgan fingerprint density at radius 2 is 2.28 bits per heavy atom.